The van der Waals surface area contributed by atoms with Gasteiger partial charge in [0.2, 0.25) is 10.0 Å². The van der Waals surface area contributed by atoms with Gasteiger partial charge in [0.25, 0.3) is 0 Å². The Labute approximate surface area is 126 Å². The number of nitrogens with zero attached hydrogens (tertiary/aromatic N) is 2. The Morgan fingerprint density at radius 3 is 2.62 bits per heavy atom. The van der Waals surface area contributed by atoms with Crippen molar-refractivity contribution >= 4 is 16.1 Å². The molecule has 0 spiro atoms. The Morgan fingerprint density at radius 1 is 1.24 bits per heavy atom. The number of methoxy groups -OCH3 is 1. The standard InChI is InChI=1S/C13H24N2O5S/c1-14-11(6-9-21(14,17)18)10-20-13(16)15-7-3-4-12(19-2)5-8-15/h11-12H,3-10H2,1-2H3. The van der Waals surface area contributed by atoms with Crippen molar-refractivity contribution in [3.8, 4) is 0 Å². The number of sulfonamides is 1. The number of likely N-dealkylation sites (tertiary alicyclic amines) is 1. The van der Waals surface area contributed by atoms with Crippen molar-refractivity contribution in [1.29, 1.82) is 0 Å². The van der Waals surface area contributed by atoms with Crippen molar-refractivity contribution in [2.75, 3.05) is 39.6 Å². The third-order valence-electron chi connectivity index (χ3n) is 4.33. The summed E-state index contributed by atoms with van der Waals surface area (Å²) in [6.45, 7) is 1.41. The minimum Gasteiger partial charge on any atom is -0.448 e. The van der Waals surface area contributed by atoms with E-state index in [9.17, 15) is 13.2 Å². The third kappa shape index (κ3) is 4.08. The van der Waals surface area contributed by atoms with Crippen LogP contribution in [0.5, 0.6) is 0 Å². The van der Waals surface area contributed by atoms with Gasteiger partial charge in [-0.15, -0.1) is 0 Å². The summed E-state index contributed by atoms with van der Waals surface area (Å²) in [5.41, 5.74) is 0. The molecule has 122 valence electrons. The minimum absolute atomic E-state index is 0.124. The van der Waals surface area contributed by atoms with E-state index in [2.05, 4.69) is 0 Å². The van der Waals surface area contributed by atoms with Crippen molar-refractivity contribution in [2.45, 2.75) is 37.8 Å². The molecule has 2 atom stereocenters. The van der Waals surface area contributed by atoms with Gasteiger partial charge in [-0.25, -0.2) is 13.2 Å². The van der Waals surface area contributed by atoms with E-state index in [0.29, 0.717) is 19.5 Å². The fourth-order valence-corrected chi connectivity index (χ4v) is 4.25. The van der Waals surface area contributed by atoms with Gasteiger partial charge in [0.15, 0.2) is 0 Å². The van der Waals surface area contributed by atoms with E-state index < -0.39 is 10.0 Å². The lowest BCUT2D eigenvalue weighted by molar-refractivity contribution is 0.0778. The number of ether oxygens (including phenoxy) is 2. The Balaban J connectivity index is 1.80. The average Bonchev–Trinajstić information content (AvgIpc) is 2.65. The second-order valence-electron chi connectivity index (χ2n) is 5.63. The van der Waals surface area contributed by atoms with Crippen LogP contribution >= 0.6 is 0 Å². The molecule has 2 rings (SSSR count). The van der Waals surface area contributed by atoms with Crippen LogP contribution in [0.1, 0.15) is 25.7 Å². The topological polar surface area (TPSA) is 76.1 Å². The highest BCUT2D eigenvalue weighted by molar-refractivity contribution is 7.89. The van der Waals surface area contributed by atoms with Crippen molar-refractivity contribution in [2.24, 2.45) is 0 Å². The molecule has 2 fully saturated rings. The normalized spacial score (nSPS) is 30.1. The van der Waals surface area contributed by atoms with Gasteiger partial charge in [-0.2, -0.15) is 4.31 Å². The number of amides is 1. The Bertz CT molecular complexity index is 467. The minimum atomic E-state index is -3.15. The SMILES string of the molecule is COC1CCCN(C(=O)OCC2CCS(=O)(=O)N2C)CC1. The molecule has 0 aromatic heterocycles. The molecule has 0 bridgehead atoms. The smallest absolute Gasteiger partial charge is 0.409 e. The van der Waals surface area contributed by atoms with Gasteiger partial charge in [0.05, 0.1) is 17.9 Å². The summed E-state index contributed by atoms with van der Waals surface area (Å²) in [4.78, 5) is 13.7. The molecule has 1 amide bonds. The first kappa shape index (κ1) is 16.5. The molecular weight excluding hydrogens is 296 g/mol. The molecule has 7 nitrogen and oxygen atoms in total. The van der Waals surface area contributed by atoms with Crippen LogP contribution in [0.2, 0.25) is 0 Å². The monoisotopic (exact) mass is 320 g/mol. The van der Waals surface area contributed by atoms with Crippen LogP contribution in [-0.2, 0) is 19.5 Å². The largest absolute Gasteiger partial charge is 0.448 e. The van der Waals surface area contributed by atoms with E-state index in [0.717, 1.165) is 19.3 Å². The lowest BCUT2D eigenvalue weighted by Gasteiger charge is -2.23. The first-order chi connectivity index (χ1) is 9.94. The summed E-state index contributed by atoms with van der Waals surface area (Å²) in [5.74, 6) is 0.130. The zero-order chi connectivity index (χ0) is 15.5. The summed E-state index contributed by atoms with van der Waals surface area (Å²) in [7, 11) is 0.0756. The van der Waals surface area contributed by atoms with Crippen molar-refractivity contribution < 1.29 is 22.7 Å². The molecule has 2 aliphatic heterocycles. The van der Waals surface area contributed by atoms with Gasteiger partial charge in [0, 0.05) is 27.2 Å². The molecule has 0 aromatic carbocycles. The predicted octanol–water partition coefficient (Wildman–Crippen LogP) is 0.658. The Hall–Kier alpha value is -0.860. The van der Waals surface area contributed by atoms with E-state index in [1.54, 1.807) is 12.0 Å². The van der Waals surface area contributed by atoms with Crippen LogP contribution in [0, 0.1) is 0 Å². The quantitative estimate of drug-likeness (QED) is 0.763. The van der Waals surface area contributed by atoms with Crippen LogP contribution in [-0.4, -0.2) is 75.5 Å². The predicted molar refractivity (Wildman–Crippen MR) is 77.5 cm³/mol. The van der Waals surface area contributed by atoms with E-state index >= 15 is 0 Å². The van der Waals surface area contributed by atoms with Gasteiger partial charge in [0.1, 0.15) is 6.61 Å². The maximum absolute atomic E-state index is 12.1. The van der Waals surface area contributed by atoms with Crippen molar-refractivity contribution in [3.63, 3.8) is 0 Å². The molecule has 21 heavy (non-hydrogen) atoms. The fraction of sp³-hybridized carbons (Fsp3) is 0.923. The molecule has 2 aliphatic rings. The number of carbonyl (C=O) groups is 1. The summed E-state index contributed by atoms with van der Waals surface area (Å²) in [6, 6.07) is -0.238. The van der Waals surface area contributed by atoms with Crippen LogP contribution in [0.25, 0.3) is 0 Å². The van der Waals surface area contributed by atoms with Crippen LogP contribution in [0.4, 0.5) is 4.79 Å². The van der Waals surface area contributed by atoms with Gasteiger partial charge in [-0.3, -0.25) is 0 Å². The third-order valence-corrected chi connectivity index (χ3v) is 6.26. The first-order valence-corrected chi connectivity index (χ1v) is 8.95. The molecule has 0 aliphatic carbocycles. The van der Waals surface area contributed by atoms with E-state index in [-0.39, 0.29) is 30.6 Å². The molecule has 2 unspecified atom stereocenters. The molecule has 8 heteroatoms. The number of carbonyl (C=O) groups excluding carboxylic acids is 1. The number of rotatable bonds is 3. The zero-order valence-electron chi connectivity index (χ0n) is 12.7. The summed E-state index contributed by atoms with van der Waals surface area (Å²) in [5, 5.41) is 0. The summed E-state index contributed by atoms with van der Waals surface area (Å²) >= 11 is 0. The number of hydrogen-bond donors (Lipinski definition) is 0. The average molecular weight is 320 g/mol. The van der Waals surface area contributed by atoms with Gasteiger partial charge in [-0.05, 0) is 25.7 Å². The maximum atomic E-state index is 12.1. The molecule has 2 heterocycles. The Kier molecular flexibility index (Phi) is 5.45. The van der Waals surface area contributed by atoms with Crippen LogP contribution in [0.15, 0.2) is 0 Å². The highest BCUT2D eigenvalue weighted by Crippen LogP contribution is 2.20. The second kappa shape index (κ2) is 6.93. The molecular formula is C13H24N2O5S. The number of hydrogen-bond acceptors (Lipinski definition) is 5. The fourth-order valence-electron chi connectivity index (χ4n) is 2.77. The van der Waals surface area contributed by atoms with E-state index in [4.69, 9.17) is 9.47 Å². The number of likely N-dealkylation sites (N-methyl/N-ethyl adjacent to an activating group) is 1. The molecule has 0 radical (unpaired) electrons. The lowest BCUT2D eigenvalue weighted by atomic mass is 10.2. The highest BCUT2D eigenvalue weighted by Gasteiger charge is 2.35. The van der Waals surface area contributed by atoms with Crippen LogP contribution < -0.4 is 0 Å². The zero-order valence-corrected chi connectivity index (χ0v) is 13.5. The van der Waals surface area contributed by atoms with Crippen molar-refractivity contribution in [3.05, 3.63) is 0 Å². The van der Waals surface area contributed by atoms with E-state index in [1.165, 1.54) is 11.4 Å². The van der Waals surface area contributed by atoms with Gasteiger partial charge in [-0.1, -0.05) is 0 Å². The summed E-state index contributed by atoms with van der Waals surface area (Å²) < 4.78 is 35.1. The molecule has 0 saturated carbocycles. The molecule has 0 aromatic rings. The maximum Gasteiger partial charge on any atom is 0.409 e. The van der Waals surface area contributed by atoms with Crippen molar-refractivity contribution in [1.82, 2.24) is 9.21 Å². The molecule has 2 saturated heterocycles. The Morgan fingerprint density at radius 2 is 2.00 bits per heavy atom. The van der Waals surface area contributed by atoms with Crippen LogP contribution in [0.3, 0.4) is 0 Å². The summed E-state index contributed by atoms with van der Waals surface area (Å²) in [6.07, 6.45) is 3.01. The first-order valence-electron chi connectivity index (χ1n) is 7.34. The molecule has 0 N–H and O–H groups in total. The lowest BCUT2D eigenvalue weighted by Crippen LogP contribution is -2.37. The van der Waals surface area contributed by atoms with Gasteiger partial charge < -0.3 is 14.4 Å². The highest BCUT2D eigenvalue weighted by atomic mass is 32.2. The van der Waals surface area contributed by atoms with E-state index in [1.807, 2.05) is 0 Å². The second-order valence-corrected chi connectivity index (χ2v) is 7.78. The van der Waals surface area contributed by atoms with Gasteiger partial charge >= 0.3 is 6.09 Å².